The summed E-state index contributed by atoms with van der Waals surface area (Å²) in [5.41, 5.74) is 6.81. The van der Waals surface area contributed by atoms with E-state index in [1.807, 2.05) is 6.07 Å². The van der Waals surface area contributed by atoms with Crippen molar-refractivity contribution in [2.45, 2.75) is 19.3 Å². The number of aryl methyl sites for hydroxylation is 1. The molecule has 116 valence electrons. The van der Waals surface area contributed by atoms with Gasteiger partial charge in [0, 0.05) is 17.7 Å². The minimum atomic E-state index is -0.241. The first-order valence-electron chi connectivity index (χ1n) is 7.62. The van der Waals surface area contributed by atoms with Gasteiger partial charge < -0.3 is 9.47 Å². The van der Waals surface area contributed by atoms with Crippen molar-refractivity contribution in [3.05, 3.63) is 59.2 Å². The Morgan fingerprint density at radius 3 is 2.74 bits per heavy atom. The second kappa shape index (κ2) is 5.76. The maximum Gasteiger partial charge on any atom is 0.271 e. The van der Waals surface area contributed by atoms with Gasteiger partial charge in [0.15, 0.2) is 11.5 Å². The molecular formula is C18H16N2O3. The van der Waals surface area contributed by atoms with E-state index >= 15 is 0 Å². The largest absolute Gasteiger partial charge is 0.454 e. The van der Waals surface area contributed by atoms with Crippen LogP contribution in [0.15, 0.2) is 47.6 Å². The molecule has 0 saturated heterocycles. The Hall–Kier alpha value is -2.82. The van der Waals surface area contributed by atoms with Crippen LogP contribution < -0.4 is 14.9 Å². The fourth-order valence-corrected chi connectivity index (χ4v) is 2.89. The van der Waals surface area contributed by atoms with Crippen molar-refractivity contribution in [1.82, 2.24) is 5.43 Å². The van der Waals surface area contributed by atoms with Gasteiger partial charge in [-0.05, 0) is 42.2 Å². The lowest BCUT2D eigenvalue weighted by Gasteiger charge is -2.17. The minimum Gasteiger partial charge on any atom is -0.454 e. The molecule has 4 rings (SSSR count). The third-order valence-corrected chi connectivity index (χ3v) is 4.15. The molecule has 2 aliphatic rings. The number of hydrazone groups is 1. The number of amides is 1. The molecule has 0 spiro atoms. The van der Waals surface area contributed by atoms with Crippen LogP contribution in [0.4, 0.5) is 0 Å². The molecule has 5 nitrogen and oxygen atoms in total. The Balaban J connectivity index is 1.46. The molecule has 1 heterocycles. The van der Waals surface area contributed by atoms with Crippen LogP contribution in [-0.2, 0) is 12.8 Å². The van der Waals surface area contributed by atoms with Gasteiger partial charge in [0.05, 0.1) is 0 Å². The molecule has 0 fully saturated rings. The van der Waals surface area contributed by atoms with Crippen molar-refractivity contribution in [1.29, 1.82) is 0 Å². The number of benzene rings is 2. The predicted molar refractivity (Wildman–Crippen MR) is 85.9 cm³/mol. The first kappa shape index (κ1) is 13.8. The van der Waals surface area contributed by atoms with E-state index in [0.29, 0.717) is 17.1 Å². The Labute approximate surface area is 133 Å². The number of ether oxygens (including phenoxy) is 2. The maximum atomic E-state index is 12.2. The van der Waals surface area contributed by atoms with Crippen LogP contribution in [0.1, 0.15) is 27.9 Å². The lowest BCUT2D eigenvalue weighted by atomic mass is 9.90. The SMILES string of the molecule is O=C(N/N=C1\CCc2ccccc2C1)c1ccc2c(c1)OCO2. The molecule has 1 N–H and O–H groups in total. The van der Waals surface area contributed by atoms with E-state index < -0.39 is 0 Å². The van der Waals surface area contributed by atoms with E-state index in [9.17, 15) is 4.79 Å². The summed E-state index contributed by atoms with van der Waals surface area (Å²) in [6.07, 6.45) is 2.63. The Bertz CT molecular complexity index is 799. The summed E-state index contributed by atoms with van der Waals surface area (Å²) in [5.74, 6) is 1.02. The van der Waals surface area contributed by atoms with Crippen molar-refractivity contribution >= 4 is 11.6 Å². The number of nitrogens with one attached hydrogen (secondary N) is 1. The number of hydrogen-bond acceptors (Lipinski definition) is 4. The highest BCUT2D eigenvalue weighted by Crippen LogP contribution is 2.32. The standard InChI is InChI=1S/C18H16N2O3/c21-18(14-6-8-16-17(10-14)23-11-22-16)20-19-15-7-5-12-3-1-2-4-13(12)9-15/h1-4,6,8,10H,5,7,9,11H2,(H,20,21)/b19-15+. The highest BCUT2D eigenvalue weighted by atomic mass is 16.7. The van der Waals surface area contributed by atoms with Gasteiger partial charge in [-0.3, -0.25) is 4.79 Å². The van der Waals surface area contributed by atoms with Crippen molar-refractivity contribution in [2.75, 3.05) is 6.79 Å². The quantitative estimate of drug-likeness (QED) is 0.868. The van der Waals surface area contributed by atoms with Crippen LogP contribution in [0.25, 0.3) is 0 Å². The smallest absolute Gasteiger partial charge is 0.271 e. The molecule has 1 amide bonds. The van der Waals surface area contributed by atoms with Crippen LogP contribution in [0.5, 0.6) is 11.5 Å². The average molecular weight is 308 g/mol. The molecule has 2 aromatic carbocycles. The van der Waals surface area contributed by atoms with Crippen molar-refractivity contribution in [3.8, 4) is 11.5 Å². The highest BCUT2D eigenvalue weighted by molar-refractivity contribution is 5.96. The van der Waals surface area contributed by atoms with Gasteiger partial charge in [-0.1, -0.05) is 24.3 Å². The summed E-state index contributed by atoms with van der Waals surface area (Å²) in [5, 5.41) is 4.30. The Morgan fingerprint density at radius 2 is 1.83 bits per heavy atom. The fourth-order valence-electron chi connectivity index (χ4n) is 2.89. The molecule has 0 radical (unpaired) electrons. The van der Waals surface area contributed by atoms with E-state index in [0.717, 1.165) is 25.0 Å². The summed E-state index contributed by atoms with van der Waals surface area (Å²) < 4.78 is 10.5. The van der Waals surface area contributed by atoms with Gasteiger partial charge in [-0.15, -0.1) is 0 Å². The second-order valence-corrected chi connectivity index (χ2v) is 5.63. The van der Waals surface area contributed by atoms with Gasteiger partial charge in [-0.25, -0.2) is 5.43 Å². The summed E-state index contributed by atoms with van der Waals surface area (Å²) in [7, 11) is 0. The zero-order valence-electron chi connectivity index (χ0n) is 12.5. The van der Waals surface area contributed by atoms with Gasteiger partial charge in [0.2, 0.25) is 6.79 Å². The van der Waals surface area contributed by atoms with E-state index in [4.69, 9.17) is 9.47 Å². The number of rotatable bonds is 2. The Kier molecular flexibility index (Phi) is 3.46. The van der Waals surface area contributed by atoms with Crippen LogP contribution >= 0.6 is 0 Å². The number of carbonyl (C=O) groups is 1. The minimum absolute atomic E-state index is 0.197. The molecule has 1 aliphatic heterocycles. The Morgan fingerprint density at radius 1 is 1.00 bits per heavy atom. The zero-order valence-corrected chi connectivity index (χ0v) is 12.5. The molecular weight excluding hydrogens is 292 g/mol. The molecule has 0 unspecified atom stereocenters. The topological polar surface area (TPSA) is 59.9 Å². The maximum absolute atomic E-state index is 12.2. The van der Waals surface area contributed by atoms with E-state index in [2.05, 4.69) is 28.7 Å². The summed E-state index contributed by atoms with van der Waals surface area (Å²) >= 11 is 0. The molecule has 0 bridgehead atoms. The third kappa shape index (κ3) is 2.77. The number of fused-ring (bicyclic) bond motifs is 2. The average Bonchev–Trinajstić information content (AvgIpc) is 3.07. The van der Waals surface area contributed by atoms with Crippen LogP contribution in [0, 0.1) is 0 Å². The van der Waals surface area contributed by atoms with Gasteiger partial charge >= 0.3 is 0 Å². The monoisotopic (exact) mass is 308 g/mol. The first-order chi connectivity index (χ1) is 11.3. The lowest BCUT2D eigenvalue weighted by Crippen LogP contribution is -2.22. The zero-order chi connectivity index (χ0) is 15.6. The van der Waals surface area contributed by atoms with Crippen molar-refractivity contribution < 1.29 is 14.3 Å². The van der Waals surface area contributed by atoms with E-state index in [1.165, 1.54) is 11.1 Å². The number of hydrogen-bond donors (Lipinski definition) is 1. The third-order valence-electron chi connectivity index (χ3n) is 4.15. The van der Waals surface area contributed by atoms with Crippen molar-refractivity contribution in [3.63, 3.8) is 0 Å². The predicted octanol–water partition coefficient (Wildman–Crippen LogP) is 2.69. The number of carbonyl (C=O) groups excluding carboxylic acids is 1. The van der Waals surface area contributed by atoms with Gasteiger partial charge in [0.1, 0.15) is 0 Å². The molecule has 2 aromatic rings. The van der Waals surface area contributed by atoms with Gasteiger partial charge in [-0.2, -0.15) is 5.10 Å². The highest BCUT2D eigenvalue weighted by Gasteiger charge is 2.17. The second-order valence-electron chi connectivity index (χ2n) is 5.63. The summed E-state index contributed by atoms with van der Waals surface area (Å²) in [6, 6.07) is 13.5. The molecule has 0 aromatic heterocycles. The number of nitrogens with zero attached hydrogens (tertiary/aromatic N) is 1. The first-order valence-corrected chi connectivity index (χ1v) is 7.62. The van der Waals surface area contributed by atoms with Crippen LogP contribution in [0.2, 0.25) is 0 Å². The van der Waals surface area contributed by atoms with Crippen LogP contribution in [0.3, 0.4) is 0 Å². The fraction of sp³-hybridized carbons (Fsp3) is 0.222. The van der Waals surface area contributed by atoms with Crippen LogP contribution in [-0.4, -0.2) is 18.4 Å². The lowest BCUT2D eigenvalue weighted by molar-refractivity contribution is 0.0954. The molecule has 23 heavy (non-hydrogen) atoms. The molecule has 0 saturated carbocycles. The molecule has 1 aliphatic carbocycles. The normalized spacial score (nSPS) is 17.0. The van der Waals surface area contributed by atoms with Gasteiger partial charge in [0.25, 0.3) is 5.91 Å². The van der Waals surface area contributed by atoms with E-state index in [1.54, 1.807) is 18.2 Å². The van der Waals surface area contributed by atoms with E-state index in [-0.39, 0.29) is 12.7 Å². The molecule has 0 atom stereocenters. The molecule has 5 heteroatoms. The van der Waals surface area contributed by atoms with Crippen molar-refractivity contribution in [2.24, 2.45) is 5.10 Å². The summed E-state index contributed by atoms with van der Waals surface area (Å²) in [6.45, 7) is 0.197. The summed E-state index contributed by atoms with van der Waals surface area (Å²) in [4.78, 5) is 12.2.